The second-order valence-corrected chi connectivity index (χ2v) is 5.10. The van der Waals surface area contributed by atoms with E-state index in [0.717, 1.165) is 3.57 Å². The summed E-state index contributed by atoms with van der Waals surface area (Å²) in [6.07, 6.45) is -1.66. The molecule has 0 saturated carbocycles. The molecule has 6 nitrogen and oxygen atoms in total. The zero-order valence-electron chi connectivity index (χ0n) is 9.81. The van der Waals surface area contributed by atoms with E-state index in [9.17, 15) is 9.59 Å². The zero-order valence-corrected chi connectivity index (χ0v) is 12.7. The van der Waals surface area contributed by atoms with Crippen molar-refractivity contribution in [2.45, 2.75) is 6.10 Å². The molecule has 0 bridgehead atoms. The number of hydrogen-bond donors (Lipinski definition) is 3. The van der Waals surface area contributed by atoms with Gasteiger partial charge in [-0.15, -0.1) is 0 Å². The number of rotatable bonds is 5. The van der Waals surface area contributed by atoms with E-state index in [1.54, 1.807) is 6.07 Å². The third-order valence-electron chi connectivity index (χ3n) is 2.23. The first-order chi connectivity index (χ1) is 8.86. The molecule has 0 aromatic heterocycles. The van der Waals surface area contributed by atoms with Crippen molar-refractivity contribution in [1.29, 1.82) is 0 Å². The van der Waals surface area contributed by atoms with Crippen molar-refractivity contribution in [3.8, 4) is 5.75 Å². The molecule has 0 spiro atoms. The molecule has 3 N–H and O–H groups in total. The third kappa shape index (κ3) is 4.22. The van der Waals surface area contributed by atoms with Gasteiger partial charge in [0.2, 0.25) is 0 Å². The number of ether oxygens (including phenoxy) is 1. The number of nitrogens with one attached hydrogen (secondary N) is 1. The van der Waals surface area contributed by atoms with Gasteiger partial charge in [-0.1, -0.05) is 11.6 Å². The van der Waals surface area contributed by atoms with Gasteiger partial charge in [-0.3, -0.25) is 4.79 Å². The van der Waals surface area contributed by atoms with Gasteiger partial charge in [0, 0.05) is 3.57 Å². The van der Waals surface area contributed by atoms with Gasteiger partial charge in [0.25, 0.3) is 5.91 Å². The number of carbonyl (C=O) groups excluding carboxylic acids is 1. The van der Waals surface area contributed by atoms with Gasteiger partial charge in [-0.05, 0) is 34.7 Å². The van der Waals surface area contributed by atoms with E-state index < -0.39 is 24.5 Å². The van der Waals surface area contributed by atoms with Gasteiger partial charge < -0.3 is 20.3 Å². The summed E-state index contributed by atoms with van der Waals surface area (Å²) < 4.78 is 5.77. The van der Waals surface area contributed by atoms with Crippen LogP contribution in [0, 0.1) is 3.57 Å². The summed E-state index contributed by atoms with van der Waals surface area (Å²) >= 11 is 7.91. The minimum absolute atomic E-state index is 0.172. The highest BCUT2D eigenvalue weighted by atomic mass is 127. The number of aliphatic hydroxyl groups excluding tert-OH is 1. The van der Waals surface area contributed by atoms with Gasteiger partial charge >= 0.3 is 5.97 Å². The van der Waals surface area contributed by atoms with Crippen molar-refractivity contribution >= 4 is 46.1 Å². The molecule has 0 fully saturated rings. The topological polar surface area (TPSA) is 95.9 Å². The van der Waals surface area contributed by atoms with Crippen LogP contribution in [0.3, 0.4) is 0 Å². The van der Waals surface area contributed by atoms with Gasteiger partial charge in [-0.25, -0.2) is 4.79 Å². The predicted molar refractivity (Wildman–Crippen MR) is 76.7 cm³/mol. The van der Waals surface area contributed by atoms with Crippen molar-refractivity contribution in [2.75, 3.05) is 13.7 Å². The maximum Gasteiger partial charge on any atom is 0.334 e. The summed E-state index contributed by atoms with van der Waals surface area (Å²) in [5.41, 5.74) is 0.172. The van der Waals surface area contributed by atoms with E-state index in [-0.39, 0.29) is 5.56 Å². The van der Waals surface area contributed by atoms with E-state index in [0.29, 0.717) is 10.8 Å². The molecule has 0 saturated heterocycles. The Bertz CT molecular complexity index is 508. The normalized spacial score (nSPS) is 11.8. The highest BCUT2D eigenvalue weighted by molar-refractivity contribution is 14.1. The summed E-state index contributed by atoms with van der Waals surface area (Å²) in [5, 5.41) is 20.2. The molecule has 1 aromatic carbocycles. The molecule has 8 heteroatoms. The Kier molecular flexibility index (Phi) is 5.83. The predicted octanol–water partition coefficient (Wildman–Crippen LogP) is 1.13. The van der Waals surface area contributed by atoms with Gasteiger partial charge in [-0.2, -0.15) is 0 Å². The highest BCUT2D eigenvalue weighted by Crippen LogP contribution is 2.28. The first-order valence-electron chi connectivity index (χ1n) is 5.09. The van der Waals surface area contributed by atoms with Crippen molar-refractivity contribution in [3.05, 3.63) is 26.3 Å². The number of aliphatic carboxylic acids is 1. The molecule has 0 radical (unpaired) electrons. The van der Waals surface area contributed by atoms with Crippen LogP contribution in [0.2, 0.25) is 5.02 Å². The average molecular weight is 400 g/mol. The SMILES string of the molecule is COc1cc(I)c(Cl)cc1C(=O)NCC(O)C(=O)O. The average Bonchev–Trinajstić information content (AvgIpc) is 2.37. The van der Waals surface area contributed by atoms with Crippen LogP contribution in [-0.2, 0) is 4.79 Å². The summed E-state index contributed by atoms with van der Waals surface area (Å²) in [4.78, 5) is 22.3. The molecule has 0 aliphatic heterocycles. The quantitative estimate of drug-likeness (QED) is 0.645. The monoisotopic (exact) mass is 399 g/mol. The molecule has 1 rings (SSSR count). The summed E-state index contributed by atoms with van der Waals surface area (Å²) in [5.74, 6) is -1.67. The number of hydrogen-bond acceptors (Lipinski definition) is 4. The lowest BCUT2D eigenvalue weighted by molar-refractivity contribution is -0.146. The maximum atomic E-state index is 11.9. The van der Waals surface area contributed by atoms with Crippen LogP contribution >= 0.6 is 34.2 Å². The summed E-state index contributed by atoms with van der Waals surface area (Å²) in [7, 11) is 1.40. The molecule has 104 valence electrons. The molecule has 19 heavy (non-hydrogen) atoms. The Balaban J connectivity index is 2.87. The number of aliphatic hydroxyl groups is 1. The zero-order chi connectivity index (χ0) is 14.6. The second-order valence-electron chi connectivity index (χ2n) is 3.53. The molecule has 1 atom stereocenters. The Morgan fingerprint density at radius 2 is 2.16 bits per heavy atom. The standard InChI is InChI=1S/C11H11ClINO5/c1-19-9-3-7(13)6(12)2-5(9)10(16)14-4-8(15)11(17)18/h2-3,8,15H,4H2,1H3,(H,14,16)(H,17,18). The Hall–Kier alpha value is -1.06. The minimum atomic E-state index is -1.66. The molecule has 0 aliphatic rings. The number of carbonyl (C=O) groups is 2. The summed E-state index contributed by atoms with van der Waals surface area (Å²) in [6, 6.07) is 3.01. The van der Waals surface area contributed by atoms with Crippen molar-refractivity contribution in [2.24, 2.45) is 0 Å². The Morgan fingerprint density at radius 3 is 2.68 bits per heavy atom. The fourth-order valence-corrected chi connectivity index (χ4v) is 1.85. The second kappa shape index (κ2) is 6.92. The van der Waals surface area contributed by atoms with Crippen LogP contribution in [0.5, 0.6) is 5.75 Å². The third-order valence-corrected chi connectivity index (χ3v) is 3.75. The van der Waals surface area contributed by atoms with Crippen LogP contribution in [0.15, 0.2) is 12.1 Å². The minimum Gasteiger partial charge on any atom is -0.496 e. The van der Waals surface area contributed by atoms with Crippen molar-refractivity contribution in [1.82, 2.24) is 5.32 Å². The molecule has 0 aliphatic carbocycles. The number of amides is 1. The van der Waals surface area contributed by atoms with E-state index >= 15 is 0 Å². The number of methoxy groups -OCH3 is 1. The lowest BCUT2D eigenvalue weighted by Gasteiger charge is -2.12. The van der Waals surface area contributed by atoms with E-state index in [1.807, 2.05) is 22.6 Å². The first-order valence-corrected chi connectivity index (χ1v) is 6.54. The Morgan fingerprint density at radius 1 is 1.53 bits per heavy atom. The molecule has 1 aromatic rings. The van der Waals surface area contributed by atoms with Crippen LogP contribution in [0.1, 0.15) is 10.4 Å². The molecule has 1 amide bonds. The van der Waals surface area contributed by atoms with Crippen LogP contribution in [0.25, 0.3) is 0 Å². The van der Waals surface area contributed by atoms with E-state index in [1.165, 1.54) is 13.2 Å². The molecule has 1 unspecified atom stereocenters. The van der Waals surface area contributed by atoms with Gasteiger partial charge in [0.05, 0.1) is 24.2 Å². The number of carboxylic acids is 1. The molecular weight excluding hydrogens is 388 g/mol. The lowest BCUT2D eigenvalue weighted by Crippen LogP contribution is -2.36. The highest BCUT2D eigenvalue weighted by Gasteiger charge is 2.18. The maximum absolute atomic E-state index is 11.9. The number of benzene rings is 1. The van der Waals surface area contributed by atoms with E-state index in [4.69, 9.17) is 26.6 Å². The smallest absolute Gasteiger partial charge is 0.334 e. The van der Waals surface area contributed by atoms with Crippen molar-refractivity contribution in [3.63, 3.8) is 0 Å². The summed E-state index contributed by atoms with van der Waals surface area (Å²) in [6.45, 7) is -0.402. The lowest BCUT2D eigenvalue weighted by atomic mass is 10.2. The number of carboxylic acid groups (broad SMARTS) is 1. The van der Waals surface area contributed by atoms with Crippen LogP contribution in [-0.4, -0.2) is 41.8 Å². The van der Waals surface area contributed by atoms with Crippen molar-refractivity contribution < 1.29 is 24.5 Å². The van der Waals surface area contributed by atoms with Crippen LogP contribution in [0.4, 0.5) is 0 Å². The fraction of sp³-hybridized carbons (Fsp3) is 0.273. The molecule has 0 heterocycles. The Labute approximate surface area is 127 Å². The number of halogens is 2. The fourth-order valence-electron chi connectivity index (χ4n) is 1.25. The van der Waals surface area contributed by atoms with Crippen LogP contribution < -0.4 is 10.1 Å². The molecular formula is C11H11ClINO5. The van der Waals surface area contributed by atoms with Gasteiger partial charge in [0.15, 0.2) is 6.10 Å². The largest absolute Gasteiger partial charge is 0.496 e. The van der Waals surface area contributed by atoms with E-state index in [2.05, 4.69) is 5.32 Å². The van der Waals surface area contributed by atoms with Gasteiger partial charge in [0.1, 0.15) is 5.75 Å². The first kappa shape index (κ1) is 16.0.